The number of ether oxygens (including phenoxy) is 2. The normalized spacial score (nSPS) is 14.5. The highest BCUT2D eigenvalue weighted by atomic mass is 16.5. The zero-order valence-corrected chi connectivity index (χ0v) is 16.3. The maximum atomic E-state index is 12.9. The van der Waals surface area contributed by atoms with Gasteiger partial charge in [0.25, 0.3) is 0 Å². The van der Waals surface area contributed by atoms with Crippen LogP contribution in [0.2, 0.25) is 0 Å². The predicted molar refractivity (Wildman–Crippen MR) is 110 cm³/mol. The summed E-state index contributed by atoms with van der Waals surface area (Å²) in [6.07, 6.45) is 3.50. The van der Waals surface area contributed by atoms with Gasteiger partial charge in [0.15, 0.2) is 0 Å². The molecule has 0 unspecified atom stereocenters. The van der Waals surface area contributed by atoms with Crippen LogP contribution in [-0.2, 0) is 16.0 Å². The summed E-state index contributed by atoms with van der Waals surface area (Å²) in [7, 11) is 2.84. The Bertz CT molecular complexity index is 1130. The molecule has 0 saturated heterocycles. The second kappa shape index (κ2) is 7.79. The van der Waals surface area contributed by atoms with Crippen molar-refractivity contribution in [2.24, 2.45) is 0 Å². The molecule has 2 N–H and O–H groups in total. The topological polar surface area (TPSA) is 83.4 Å². The lowest BCUT2D eigenvalue weighted by molar-refractivity contribution is -0.440. The minimum Gasteiger partial charge on any atom is -0.496 e. The van der Waals surface area contributed by atoms with Crippen LogP contribution in [0.1, 0.15) is 22.5 Å². The highest BCUT2D eigenvalue weighted by molar-refractivity contribution is 6.32. The fraction of sp³-hybridized carbons (Fsp3) is 0.227. The minimum absolute atomic E-state index is 0.174. The van der Waals surface area contributed by atoms with Crippen LogP contribution in [0.25, 0.3) is 10.9 Å². The highest BCUT2D eigenvalue weighted by Gasteiger charge is 2.25. The number of benzene rings is 2. The van der Waals surface area contributed by atoms with Crippen molar-refractivity contribution in [3.05, 3.63) is 53.7 Å². The summed E-state index contributed by atoms with van der Waals surface area (Å²) >= 11 is 0. The monoisotopic (exact) mass is 392 g/mol. The fourth-order valence-corrected chi connectivity index (χ4v) is 3.76. The van der Waals surface area contributed by atoms with Crippen LogP contribution in [0, 0.1) is 0 Å². The molecule has 7 nitrogen and oxygen atoms in total. The molecule has 1 amide bonds. The molecule has 1 aromatic heterocycles. The quantitative estimate of drug-likeness (QED) is 0.527. The third kappa shape index (κ3) is 3.47. The number of para-hydroxylation sites is 1. The van der Waals surface area contributed by atoms with E-state index in [1.165, 1.54) is 18.9 Å². The Morgan fingerprint density at radius 3 is 2.76 bits per heavy atom. The first-order chi connectivity index (χ1) is 14.1. The molecule has 148 valence electrons. The van der Waals surface area contributed by atoms with Gasteiger partial charge in [0, 0.05) is 18.1 Å². The van der Waals surface area contributed by atoms with Crippen LogP contribution in [-0.4, -0.2) is 48.4 Å². The summed E-state index contributed by atoms with van der Waals surface area (Å²) in [5.74, 6) is -0.354. The summed E-state index contributed by atoms with van der Waals surface area (Å²) < 4.78 is 12.2. The Morgan fingerprint density at radius 2 is 1.97 bits per heavy atom. The molecule has 0 bridgehead atoms. The summed E-state index contributed by atoms with van der Waals surface area (Å²) in [6, 6.07) is 13.4. The summed E-state index contributed by atoms with van der Waals surface area (Å²) in [4.78, 5) is 28.2. The zero-order valence-electron chi connectivity index (χ0n) is 16.3. The maximum absolute atomic E-state index is 12.9. The molecule has 0 spiro atoms. The number of anilines is 1. The average Bonchev–Trinajstić information content (AvgIpc) is 3.12. The van der Waals surface area contributed by atoms with E-state index in [-0.39, 0.29) is 11.6 Å². The lowest BCUT2D eigenvalue weighted by Crippen LogP contribution is -2.24. The maximum Gasteiger partial charge on any atom is 0.356 e. The van der Waals surface area contributed by atoms with Crippen molar-refractivity contribution in [2.45, 2.75) is 12.8 Å². The number of aryl methyl sites for hydroxylation is 1. The largest absolute Gasteiger partial charge is 0.496 e. The Labute approximate surface area is 167 Å². The first-order valence-electron chi connectivity index (χ1n) is 9.39. The Balaban J connectivity index is 1.74. The number of rotatable bonds is 4. The number of carbonyl (C=O) groups excluding carboxylic acids is 2. The van der Waals surface area contributed by atoms with E-state index in [2.05, 4.69) is 16.4 Å². The van der Waals surface area contributed by atoms with Gasteiger partial charge in [-0.1, -0.05) is 24.3 Å². The number of esters is 1. The Kier molecular flexibility index (Phi) is 5.03. The fourth-order valence-electron chi connectivity index (χ4n) is 3.76. The summed E-state index contributed by atoms with van der Waals surface area (Å²) in [5, 5.41) is 3.47. The Hall–Kier alpha value is -3.61. The van der Waals surface area contributed by atoms with Crippen LogP contribution in [0.4, 0.5) is 11.4 Å². The van der Waals surface area contributed by atoms with Gasteiger partial charge < -0.3 is 19.8 Å². The van der Waals surface area contributed by atoms with Crippen molar-refractivity contribution in [2.75, 3.05) is 26.1 Å². The number of fused-ring (bicyclic) bond motifs is 2. The molecule has 0 fully saturated rings. The molecule has 0 radical (unpaired) electrons. The molecule has 2 aromatic carbocycles. The second-order valence-electron chi connectivity index (χ2n) is 6.79. The lowest BCUT2D eigenvalue weighted by Gasteiger charge is -2.13. The molecule has 7 heteroatoms. The molecular formula is C22H22N3O4+. The van der Waals surface area contributed by atoms with Crippen molar-refractivity contribution in [1.82, 2.24) is 4.98 Å². The van der Waals surface area contributed by atoms with Gasteiger partial charge in [-0.3, -0.25) is 4.79 Å². The van der Waals surface area contributed by atoms with E-state index in [9.17, 15) is 9.59 Å². The first-order valence-corrected chi connectivity index (χ1v) is 9.39. The van der Waals surface area contributed by atoms with Gasteiger partial charge >= 0.3 is 11.9 Å². The molecule has 3 aromatic rings. The number of hydrogen-bond acceptors (Lipinski definition) is 4. The van der Waals surface area contributed by atoms with Crippen molar-refractivity contribution in [3.8, 4) is 5.75 Å². The summed E-state index contributed by atoms with van der Waals surface area (Å²) in [6.45, 7) is 0.755. The standard InChI is InChI=1S/C22H21N3O4/c1-28-17-11-5-9-15-19(17)20(21(23-15)22(27)29-2)24-18(26)13-25-12-6-8-14-7-3-4-10-16(14)25/h3-5,7,9-11,13,26H,6,8,12H2,1-2H3/p+1. The van der Waals surface area contributed by atoms with Gasteiger partial charge in [0.05, 0.1) is 30.8 Å². The number of H-pyrrole nitrogens is 1. The van der Waals surface area contributed by atoms with Crippen LogP contribution in [0.15, 0.2) is 42.5 Å². The van der Waals surface area contributed by atoms with Crippen molar-refractivity contribution >= 4 is 40.4 Å². The lowest BCUT2D eigenvalue weighted by atomic mass is 10.0. The Morgan fingerprint density at radius 1 is 1.14 bits per heavy atom. The van der Waals surface area contributed by atoms with Gasteiger partial charge in [0.2, 0.25) is 11.9 Å². The van der Waals surface area contributed by atoms with Crippen LogP contribution in [0.3, 0.4) is 0 Å². The smallest absolute Gasteiger partial charge is 0.356 e. The average molecular weight is 392 g/mol. The van der Waals surface area contributed by atoms with Crippen molar-refractivity contribution in [3.63, 3.8) is 0 Å². The van der Waals surface area contributed by atoms with Gasteiger partial charge in [-0.05, 0) is 18.6 Å². The molecule has 0 aliphatic carbocycles. The van der Waals surface area contributed by atoms with Gasteiger partial charge in [-0.2, -0.15) is 4.58 Å². The van der Waals surface area contributed by atoms with Crippen LogP contribution < -0.4 is 10.1 Å². The molecule has 2 heterocycles. The molecule has 0 atom stereocenters. The molecular weight excluding hydrogens is 370 g/mol. The van der Waals surface area contributed by atoms with E-state index in [1.807, 2.05) is 28.8 Å². The third-order valence-corrected chi connectivity index (χ3v) is 5.06. The molecule has 4 rings (SSSR count). The number of nitrogens with zero attached hydrogens (tertiary/aromatic N) is 1. The van der Waals surface area contributed by atoms with Crippen LogP contribution >= 0.6 is 0 Å². The van der Waals surface area contributed by atoms with Crippen molar-refractivity contribution < 1.29 is 23.6 Å². The van der Waals surface area contributed by atoms with E-state index in [1.54, 1.807) is 19.2 Å². The van der Waals surface area contributed by atoms with Gasteiger partial charge in [-0.25, -0.2) is 4.79 Å². The number of hydrogen-bond donors (Lipinski definition) is 2. The van der Waals surface area contributed by atoms with Crippen molar-refractivity contribution in [1.29, 1.82) is 0 Å². The van der Waals surface area contributed by atoms with E-state index < -0.39 is 5.97 Å². The van der Waals surface area contributed by atoms with E-state index in [0.717, 1.165) is 25.1 Å². The third-order valence-electron chi connectivity index (χ3n) is 5.06. The molecule has 29 heavy (non-hydrogen) atoms. The second-order valence-corrected chi connectivity index (χ2v) is 6.79. The SMILES string of the molecule is COC(=O)c1[nH]c2cccc(OC)c2c1NC(=O)C=[N+]1CCCc2ccccc21. The summed E-state index contributed by atoms with van der Waals surface area (Å²) in [5.41, 5.74) is 3.43. The van der Waals surface area contributed by atoms with Crippen LogP contribution in [0.5, 0.6) is 5.75 Å². The van der Waals surface area contributed by atoms with E-state index in [0.29, 0.717) is 22.3 Å². The number of amides is 1. The van der Waals surface area contributed by atoms with Gasteiger partial charge in [0.1, 0.15) is 18.0 Å². The van der Waals surface area contributed by atoms with E-state index in [4.69, 9.17) is 9.47 Å². The highest BCUT2D eigenvalue weighted by Crippen LogP contribution is 2.35. The number of carbonyl (C=O) groups is 2. The minimum atomic E-state index is -0.568. The predicted octanol–water partition coefficient (Wildman–Crippen LogP) is 3.26. The molecule has 1 aliphatic heterocycles. The van der Waals surface area contributed by atoms with Gasteiger partial charge in [-0.15, -0.1) is 0 Å². The van der Waals surface area contributed by atoms with E-state index >= 15 is 0 Å². The number of nitrogens with one attached hydrogen (secondary N) is 2. The number of methoxy groups -OCH3 is 2. The zero-order chi connectivity index (χ0) is 20.4. The molecule has 0 saturated carbocycles. The molecule has 1 aliphatic rings. The first kappa shape index (κ1) is 18.7. The number of aromatic nitrogens is 1. The number of aromatic amines is 1.